The number of nitrogens with two attached hydrogens (primary N) is 1. The largest absolute Gasteiger partial charge is 0.403 e. The number of hydrogen-bond acceptors (Lipinski definition) is 3. The highest BCUT2D eigenvalue weighted by Crippen LogP contribution is 2.25. The molecule has 29 heavy (non-hydrogen) atoms. The van der Waals surface area contributed by atoms with Crippen molar-refractivity contribution in [2.45, 2.75) is 64.3 Å². The Kier molecular flexibility index (Phi) is 7.94. The molecule has 5 nitrogen and oxygen atoms in total. The zero-order valence-corrected chi connectivity index (χ0v) is 17.3. The van der Waals surface area contributed by atoms with Gasteiger partial charge in [0, 0.05) is 24.5 Å². The van der Waals surface area contributed by atoms with E-state index in [1.54, 1.807) is 4.90 Å². The van der Waals surface area contributed by atoms with Crippen molar-refractivity contribution in [1.82, 2.24) is 10.2 Å². The molecule has 1 fully saturated rings. The first kappa shape index (κ1) is 23.5. The summed E-state index contributed by atoms with van der Waals surface area (Å²) >= 11 is 5.98. The first-order valence-corrected chi connectivity index (χ1v) is 10.0. The molecule has 1 aliphatic rings. The lowest BCUT2D eigenvalue weighted by Gasteiger charge is -2.25. The molecular formula is C20H27ClF3N3O2. The third-order valence-electron chi connectivity index (χ3n) is 4.94. The van der Waals surface area contributed by atoms with Crippen LogP contribution in [0.1, 0.15) is 44.2 Å². The number of alkyl halides is 3. The standard InChI is InChI=1S/C20H27ClF3N3O2/c1-12(2)8-18(28)27-7-3-4-16(27)19(29)26-11-14-9-15(21)6-5-13(14)10-17(25)20(22,23)24/h5-6,9,12,16-17H,3-4,7-8,10-11,25H2,1-2H3,(H,26,29). The molecule has 0 aromatic heterocycles. The highest BCUT2D eigenvalue weighted by molar-refractivity contribution is 6.30. The highest BCUT2D eigenvalue weighted by atomic mass is 35.5. The monoisotopic (exact) mass is 433 g/mol. The zero-order chi connectivity index (χ0) is 21.8. The maximum absolute atomic E-state index is 12.8. The van der Waals surface area contributed by atoms with Gasteiger partial charge in [0.05, 0.1) is 0 Å². The molecule has 9 heteroatoms. The number of halogens is 4. The van der Waals surface area contributed by atoms with E-state index < -0.39 is 24.7 Å². The lowest BCUT2D eigenvalue weighted by molar-refractivity contribution is -0.147. The second kappa shape index (κ2) is 9.80. The molecule has 1 aromatic rings. The van der Waals surface area contributed by atoms with Gasteiger partial charge < -0.3 is 16.0 Å². The molecule has 0 bridgehead atoms. The van der Waals surface area contributed by atoms with Crippen LogP contribution >= 0.6 is 11.6 Å². The third-order valence-corrected chi connectivity index (χ3v) is 5.18. The van der Waals surface area contributed by atoms with Crippen LogP contribution in [0.2, 0.25) is 5.02 Å². The van der Waals surface area contributed by atoms with Crippen LogP contribution in [0.5, 0.6) is 0 Å². The van der Waals surface area contributed by atoms with Crippen LogP contribution in [0, 0.1) is 5.92 Å². The number of likely N-dealkylation sites (tertiary alicyclic amines) is 1. The lowest BCUT2D eigenvalue weighted by Crippen LogP contribution is -2.46. The van der Waals surface area contributed by atoms with Crippen molar-refractivity contribution in [3.8, 4) is 0 Å². The summed E-state index contributed by atoms with van der Waals surface area (Å²) in [5.41, 5.74) is 6.10. The van der Waals surface area contributed by atoms with Gasteiger partial charge in [0.25, 0.3) is 0 Å². The number of carbonyl (C=O) groups is 2. The molecule has 1 heterocycles. The minimum absolute atomic E-state index is 0.0159. The second-order valence-electron chi connectivity index (χ2n) is 7.83. The summed E-state index contributed by atoms with van der Waals surface area (Å²) in [5.74, 6) is -0.179. The predicted octanol–water partition coefficient (Wildman–Crippen LogP) is 3.43. The van der Waals surface area contributed by atoms with Crippen LogP contribution < -0.4 is 11.1 Å². The molecule has 1 aliphatic heterocycles. The van der Waals surface area contributed by atoms with E-state index >= 15 is 0 Å². The number of benzene rings is 1. The molecule has 0 radical (unpaired) electrons. The van der Waals surface area contributed by atoms with Crippen LogP contribution in [0.15, 0.2) is 18.2 Å². The molecule has 0 aliphatic carbocycles. The number of hydrogen-bond donors (Lipinski definition) is 2. The summed E-state index contributed by atoms with van der Waals surface area (Å²) in [4.78, 5) is 26.6. The Morgan fingerprint density at radius 1 is 1.31 bits per heavy atom. The fourth-order valence-corrected chi connectivity index (χ4v) is 3.61. The number of nitrogens with one attached hydrogen (secondary N) is 1. The van der Waals surface area contributed by atoms with Crippen molar-refractivity contribution < 1.29 is 22.8 Å². The summed E-state index contributed by atoms with van der Waals surface area (Å²) in [5, 5.41) is 3.10. The van der Waals surface area contributed by atoms with Crippen molar-refractivity contribution in [3.05, 3.63) is 34.3 Å². The lowest BCUT2D eigenvalue weighted by atomic mass is 10.00. The van der Waals surface area contributed by atoms with Gasteiger partial charge in [0.1, 0.15) is 12.1 Å². The van der Waals surface area contributed by atoms with Crippen LogP contribution in [-0.2, 0) is 22.6 Å². The molecule has 0 saturated carbocycles. The topological polar surface area (TPSA) is 75.4 Å². The van der Waals surface area contributed by atoms with Gasteiger partial charge in [-0.15, -0.1) is 0 Å². The maximum Gasteiger partial charge on any atom is 0.403 e. The normalized spacial score (nSPS) is 18.2. The van der Waals surface area contributed by atoms with Crippen molar-refractivity contribution in [2.75, 3.05) is 6.54 Å². The molecule has 2 amide bonds. The van der Waals surface area contributed by atoms with Crippen molar-refractivity contribution in [1.29, 1.82) is 0 Å². The first-order chi connectivity index (χ1) is 13.5. The maximum atomic E-state index is 12.8. The summed E-state index contributed by atoms with van der Waals surface area (Å²) < 4.78 is 38.4. The molecule has 0 spiro atoms. The van der Waals surface area contributed by atoms with Crippen LogP contribution in [0.25, 0.3) is 0 Å². The molecule has 2 atom stereocenters. The summed E-state index contributed by atoms with van der Waals surface area (Å²) in [6, 6.07) is 1.95. The number of nitrogens with zero attached hydrogens (tertiary/aromatic N) is 1. The van der Waals surface area contributed by atoms with Gasteiger partial charge in [-0.1, -0.05) is 31.5 Å². The molecule has 162 valence electrons. The minimum atomic E-state index is -4.51. The Morgan fingerprint density at radius 2 is 2.00 bits per heavy atom. The van der Waals surface area contributed by atoms with Gasteiger partial charge in [-0.2, -0.15) is 13.2 Å². The molecule has 3 N–H and O–H groups in total. The van der Waals surface area contributed by atoms with Gasteiger partial charge in [-0.25, -0.2) is 0 Å². The van der Waals surface area contributed by atoms with Crippen molar-refractivity contribution in [3.63, 3.8) is 0 Å². The van der Waals surface area contributed by atoms with Crippen molar-refractivity contribution >= 4 is 23.4 Å². The highest BCUT2D eigenvalue weighted by Gasteiger charge is 2.37. The van der Waals surface area contributed by atoms with E-state index in [1.807, 2.05) is 13.8 Å². The van der Waals surface area contributed by atoms with Gasteiger partial charge in [-0.05, 0) is 48.4 Å². The second-order valence-corrected chi connectivity index (χ2v) is 8.26. The Morgan fingerprint density at radius 3 is 2.62 bits per heavy atom. The molecular weight excluding hydrogens is 407 g/mol. The average molecular weight is 434 g/mol. The Labute approximate surface area is 173 Å². The van der Waals surface area contributed by atoms with Crippen LogP contribution in [-0.4, -0.2) is 41.5 Å². The Bertz CT molecular complexity index is 740. The van der Waals surface area contributed by atoms with Crippen molar-refractivity contribution in [2.24, 2.45) is 11.7 Å². The molecule has 2 unspecified atom stereocenters. The van der Waals surface area contributed by atoms with Crippen LogP contribution in [0.3, 0.4) is 0 Å². The van der Waals surface area contributed by atoms with E-state index in [2.05, 4.69) is 5.32 Å². The third kappa shape index (κ3) is 6.60. The van der Waals surface area contributed by atoms with Crippen LogP contribution in [0.4, 0.5) is 13.2 Å². The summed E-state index contributed by atoms with van der Waals surface area (Å²) in [6.07, 6.45) is -3.24. The fraction of sp³-hybridized carbons (Fsp3) is 0.600. The molecule has 1 aromatic carbocycles. The predicted molar refractivity (Wildman–Crippen MR) is 105 cm³/mol. The molecule has 1 saturated heterocycles. The number of rotatable bonds is 7. The Balaban J connectivity index is 2.06. The van der Waals surface area contributed by atoms with Gasteiger partial charge >= 0.3 is 6.18 Å². The van der Waals surface area contributed by atoms with E-state index in [-0.39, 0.29) is 24.3 Å². The quantitative estimate of drug-likeness (QED) is 0.691. The van der Waals surface area contributed by atoms with E-state index in [1.165, 1.54) is 18.2 Å². The van der Waals surface area contributed by atoms with Gasteiger partial charge in [-0.3, -0.25) is 9.59 Å². The molecule has 2 rings (SSSR count). The zero-order valence-electron chi connectivity index (χ0n) is 16.6. The SMILES string of the molecule is CC(C)CC(=O)N1CCCC1C(=O)NCc1cc(Cl)ccc1CC(N)C(F)(F)F. The number of amides is 2. The van der Waals surface area contributed by atoms with E-state index in [9.17, 15) is 22.8 Å². The van der Waals surface area contributed by atoms with E-state index in [4.69, 9.17) is 17.3 Å². The number of carbonyl (C=O) groups excluding carboxylic acids is 2. The summed E-state index contributed by atoms with van der Waals surface area (Å²) in [7, 11) is 0. The van der Waals surface area contributed by atoms with E-state index in [0.717, 1.165) is 6.42 Å². The summed E-state index contributed by atoms with van der Waals surface area (Å²) in [6.45, 7) is 4.43. The smallest absolute Gasteiger partial charge is 0.350 e. The van der Waals surface area contributed by atoms with Gasteiger partial charge in [0.15, 0.2) is 0 Å². The fourth-order valence-electron chi connectivity index (χ4n) is 3.42. The average Bonchev–Trinajstić information content (AvgIpc) is 3.10. The Hall–Kier alpha value is -1.80. The minimum Gasteiger partial charge on any atom is -0.350 e. The van der Waals surface area contributed by atoms with E-state index in [0.29, 0.717) is 35.5 Å². The van der Waals surface area contributed by atoms with Gasteiger partial charge in [0.2, 0.25) is 11.8 Å². The first-order valence-electron chi connectivity index (χ1n) is 9.65.